The first-order valence-corrected chi connectivity index (χ1v) is 8.38. The van der Waals surface area contributed by atoms with Gasteiger partial charge in [-0.1, -0.05) is 53.6 Å². The first-order valence-electron chi connectivity index (χ1n) is 7.63. The number of hydrogen-bond acceptors (Lipinski definition) is 1. The minimum absolute atomic E-state index is 0.293. The maximum absolute atomic E-state index is 6.33. The molecular weight excluding hydrogens is 313 g/mol. The van der Waals surface area contributed by atoms with Gasteiger partial charge in [-0.3, -0.25) is 0 Å². The fourth-order valence-electron chi connectivity index (χ4n) is 3.79. The summed E-state index contributed by atoms with van der Waals surface area (Å²) in [6.45, 7) is 2.09. The molecule has 0 fully saturated rings. The standard InChI is InChI=1S/C19H17Cl2N/c1-11-17(21)10-9-16-14-3-2-4-15(14)19(22-18(11)16)12-5-7-13(20)8-6-12/h2-3,5-10,14-15,19,22H,4H2,1H3. The van der Waals surface area contributed by atoms with Gasteiger partial charge in [0.1, 0.15) is 0 Å². The molecule has 1 N–H and O–H groups in total. The van der Waals surface area contributed by atoms with Gasteiger partial charge in [0.15, 0.2) is 0 Å². The topological polar surface area (TPSA) is 12.0 Å². The Morgan fingerprint density at radius 3 is 2.59 bits per heavy atom. The maximum Gasteiger partial charge on any atom is 0.0554 e. The lowest BCUT2D eigenvalue weighted by molar-refractivity contribution is 0.425. The van der Waals surface area contributed by atoms with E-state index >= 15 is 0 Å². The van der Waals surface area contributed by atoms with E-state index in [9.17, 15) is 0 Å². The number of anilines is 1. The Morgan fingerprint density at radius 1 is 1.05 bits per heavy atom. The summed E-state index contributed by atoms with van der Waals surface area (Å²) in [4.78, 5) is 0. The van der Waals surface area contributed by atoms with Gasteiger partial charge in [0.05, 0.1) is 6.04 Å². The van der Waals surface area contributed by atoms with Crippen molar-refractivity contribution in [2.75, 3.05) is 5.32 Å². The molecule has 0 saturated carbocycles. The molecule has 0 bridgehead atoms. The highest BCUT2D eigenvalue weighted by atomic mass is 35.5. The molecule has 4 rings (SSSR count). The second-order valence-electron chi connectivity index (χ2n) is 6.16. The van der Waals surface area contributed by atoms with Crippen LogP contribution in [-0.2, 0) is 0 Å². The molecule has 0 spiro atoms. The Bertz CT molecular complexity index is 749. The Balaban J connectivity index is 1.82. The van der Waals surface area contributed by atoms with Crippen LogP contribution in [0, 0.1) is 12.8 Å². The van der Waals surface area contributed by atoms with Gasteiger partial charge in [-0.15, -0.1) is 0 Å². The smallest absolute Gasteiger partial charge is 0.0554 e. The molecule has 112 valence electrons. The minimum Gasteiger partial charge on any atom is -0.377 e. The average Bonchev–Trinajstić information content (AvgIpc) is 3.01. The molecule has 0 aromatic heterocycles. The van der Waals surface area contributed by atoms with Crippen LogP contribution in [0.1, 0.15) is 35.1 Å². The van der Waals surface area contributed by atoms with Gasteiger partial charge in [0.2, 0.25) is 0 Å². The van der Waals surface area contributed by atoms with Crippen LogP contribution in [0.15, 0.2) is 48.6 Å². The highest BCUT2D eigenvalue weighted by Gasteiger charge is 2.38. The monoisotopic (exact) mass is 329 g/mol. The minimum atomic E-state index is 0.293. The highest BCUT2D eigenvalue weighted by Crippen LogP contribution is 2.51. The van der Waals surface area contributed by atoms with Crippen molar-refractivity contribution in [3.05, 3.63) is 75.3 Å². The van der Waals surface area contributed by atoms with Crippen LogP contribution in [-0.4, -0.2) is 0 Å². The first kappa shape index (κ1) is 14.2. The fraction of sp³-hybridized carbons (Fsp3) is 0.263. The van der Waals surface area contributed by atoms with E-state index in [0.717, 1.165) is 22.0 Å². The molecule has 1 aliphatic carbocycles. The van der Waals surface area contributed by atoms with E-state index in [1.165, 1.54) is 16.8 Å². The summed E-state index contributed by atoms with van der Waals surface area (Å²) in [6, 6.07) is 12.7. The molecule has 3 atom stereocenters. The van der Waals surface area contributed by atoms with Gasteiger partial charge in [0.25, 0.3) is 0 Å². The number of halogens is 2. The molecule has 2 aromatic rings. The number of benzene rings is 2. The Labute approximate surface area is 140 Å². The van der Waals surface area contributed by atoms with Crippen molar-refractivity contribution in [1.29, 1.82) is 0 Å². The number of nitrogens with one attached hydrogen (secondary N) is 1. The summed E-state index contributed by atoms with van der Waals surface area (Å²) in [5.41, 5.74) is 4.98. The Hall–Kier alpha value is -1.44. The normalized spacial score (nSPS) is 25.5. The summed E-state index contributed by atoms with van der Waals surface area (Å²) in [5.74, 6) is 1.02. The maximum atomic E-state index is 6.33. The van der Waals surface area contributed by atoms with Crippen molar-refractivity contribution < 1.29 is 0 Å². The molecule has 3 unspecified atom stereocenters. The van der Waals surface area contributed by atoms with Crippen LogP contribution >= 0.6 is 23.2 Å². The molecule has 0 radical (unpaired) electrons. The third-order valence-electron chi connectivity index (χ3n) is 4.96. The zero-order chi connectivity index (χ0) is 15.3. The SMILES string of the molecule is Cc1c(Cl)ccc2c1NC(c1ccc(Cl)cc1)C1CC=CC21. The van der Waals surface area contributed by atoms with Crippen LogP contribution in [0.25, 0.3) is 0 Å². The van der Waals surface area contributed by atoms with Gasteiger partial charge >= 0.3 is 0 Å². The summed E-state index contributed by atoms with van der Waals surface area (Å²) < 4.78 is 0. The zero-order valence-corrected chi connectivity index (χ0v) is 13.8. The predicted molar refractivity (Wildman–Crippen MR) is 94.0 cm³/mol. The van der Waals surface area contributed by atoms with E-state index in [2.05, 4.69) is 42.6 Å². The van der Waals surface area contributed by atoms with Crippen LogP contribution in [0.3, 0.4) is 0 Å². The Morgan fingerprint density at radius 2 is 1.82 bits per heavy atom. The largest absolute Gasteiger partial charge is 0.377 e. The van der Waals surface area contributed by atoms with Gasteiger partial charge in [0, 0.05) is 21.7 Å². The molecule has 1 aliphatic heterocycles. The van der Waals surface area contributed by atoms with Gasteiger partial charge in [-0.05, 0) is 54.2 Å². The van der Waals surface area contributed by atoms with Gasteiger partial charge in [-0.2, -0.15) is 0 Å². The summed E-state index contributed by atoms with van der Waals surface area (Å²) >= 11 is 12.4. The number of hydrogen-bond donors (Lipinski definition) is 1. The highest BCUT2D eigenvalue weighted by molar-refractivity contribution is 6.31. The van der Waals surface area contributed by atoms with Crippen molar-refractivity contribution >= 4 is 28.9 Å². The molecule has 2 aromatic carbocycles. The second-order valence-corrected chi connectivity index (χ2v) is 7.01. The van der Waals surface area contributed by atoms with Gasteiger partial charge in [-0.25, -0.2) is 0 Å². The number of rotatable bonds is 1. The first-order chi connectivity index (χ1) is 10.6. The molecule has 1 nitrogen and oxygen atoms in total. The summed E-state index contributed by atoms with van der Waals surface area (Å²) in [7, 11) is 0. The van der Waals surface area contributed by atoms with Crippen molar-refractivity contribution in [2.24, 2.45) is 5.92 Å². The van der Waals surface area contributed by atoms with Crippen LogP contribution in [0.5, 0.6) is 0 Å². The Kier molecular flexibility index (Phi) is 3.43. The number of allylic oxidation sites excluding steroid dienone is 2. The van der Waals surface area contributed by atoms with E-state index in [4.69, 9.17) is 23.2 Å². The van der Waals surface area contributed by atoms with Crippen molar-refractivity contribution in [2.45, 2.75) is 25.3 Å². The van der Waals surface area contributed by atoms with E-state index in [1.54, 1.807) is 0 Å². The van der Waals surface area contributed by atoms with E-state index < -0.39 is 0 Å². The quantitative estimate of drug-likeness (QED) is 0.620. The zero-order valence-electron chi connectivity index (χ0n) is 12.3. The van der Waals surface area contributed by atoms with Crippen molar-refractivity contribution in [3.63, 3.8) is 0 Å². The lowest BCUT2D eigenvalue weighted by Gasteiger charge is -2.38. The van der Waals surface area contributed by atoms with Crippen LogP contribution in [0.4, 0.5) is 5.69 Å². The predicted octanol–water partition coefficient (Wildman–Crippen LogP) is 6.13. The molecule has 0 amide bonds. The average molecular weight is 330 g/mol. The molecular formula is C19H17Cl2N. The van der Waals surface area contributed by atoms with E-state index in [-0.39, 0.29) is 0 Å². The molecule has 1 heterocycles. The molecule has 22 heavy (non-hydrogen) atoms. The molecule has 0 saturated heterocycles. The summed E-state index contributed by atoms with van der Waals surface area (Å²) in [5, 5.41) is 5.34. The molecule has 2 aliphatic rings. The summed E-state index contributed by atoms with van der Waals surface area (Å²) in [6.07, 6.45) is 5.76. The second kappa shape index (κ2) is 5.33. The fourth-order valence-corrected chi connectivity index (χ4v) is 4.07. The lowest BCUT2D eigenvalue weighted by Crippen LogP contribution is -2.29. The van der Waals surface area contributed by atoms with Crippen LogP contribution < -0.4 is 5.32 Å². The molecule has 3 heteroatoms. The van der Waals surface area contributed by atoms with Crippen LogP contribution in [0.2, 0.25) is 10.0 Å². The third-order valence-corrected chi connectivity index (χ3v) is 5.62. The van der Waals surface area contributed by atoms with E-state index in [1.807, 2.05) is 18.2 Å². The van der Waals surface area contributed by atoms with E-state index in [0.29, 0.717) is 17.9 Å². The lowest BCUT2D eigenvalue weighted by atomic mass is 9.76. The van der Waals surface area contributed by atoms with Gasteiger partial charge < -0.3 is 5.32 Å². The third kappa shape index (κ3) is 2.15. The van der Waals surface area contributed by atoms with Crippen molar-refractivity contribution in [1.82, 2.24) is 0 Å². The number of fused-ring (bicyclic) bond motifs is 3. The van der Waals surface area contributed by atoms with Crippen molar-refractivity contribution in [3.8, 4) is 0 Å².